The summed E-state index contributed by atoms with van der Waals surface area (Å²) in [6.45, 7) is 1.89. The summed E-state index contributed by atoms with van der Waals surface area (Å²) in [7, 11) is 0. The second-order valence-electron chi connectivity index (χ2n) is 5.40. The summed E-state index contributed by atoms with van der Waals surface area (Å²) in [5.41, 5.74) is 1.30. The van der Waals surface area contributed by atoms with Crippen molar-refractivity contribution in [1.29, 1.82) is 0 Å². The summed E-state index contributed by atoms with van der Waals surface area (Å²) in [4.78, 5) is 12.4. The minimum absolute atomic E-state index is 0.0597. The molecule has 0 amide bonds. The van der Waals surface area contributed by atoms with E-state index in [1.165, 1.54) is 6.07 Å². The first kappa shape index (κ1) is 19.5. The molecule has 2 aromatic rings. The van der Waals surface area contributed by atoms with Crippen LogP contribution in [0.5, 0.6) is 0 Å². The molecule has 1 nitrogen and oxygen atoms in total. The summed E-state index contributed by atoms with van der Waals surface area (Å²) in [5.74, 6) is -3.20. The lowest BCUT2D eigenvalue weighted by molar-refractivity contribution is -0.163. The summed E-state index contributed by atoms with van der Waals surface area (Å²) in [5, 5.41) is 0.119. The smallest absolute Gasteiger partial charge is 0.298 e. The van der Waals surface area contributed by atoms with Crippen molar-refractivity contribution in [3.05, 3.63) is 66.7 Å². The molecule has 0 bridgehead atoms. The fourth-order valence-electron chi connectivity index (χ4n) is 2.35. The van der Waals surface area contributed by atoms with E-state index in [2.05, 4.69) is 22.6 Å². The first-order chi connectivity index (χ1) is 11.1. The molecule has 0 saturated heterocycles. The first-order valence-electron chi connectivity index (χ1n) is 6.88. The van der Waals surface area contributed by atoms with Gasteiger partial charge in [-0.25, -0.2) is 0 Å². The quantitative estimate of drug-likeness (QED) is 0.459. The number of rotatable bonds is 4. The van der Waals surface area contributed by atoms with Gasteiger partial charge in [0.25, 0.3) is 0 Å². The van der Waals surface area contributed by atoms with Crippen molar-refractivity contribution in [2.45, 2.75) is 25.4 Å². The molecule has 1 unspecified atom stereocenters. The minimum atomic E-state index is -4.72. The number of hydrogen-bond acceptors (Lipinski definition) is 1. The molecular weight excluding hydrogens is 475 g/mol. The number of carbonyl (C=O) groups is 1. The molecule has 0 N–H and O–H groups in total. The maximum Gasteiger partial charge on any atom is 0.402 e. The van der Waals surface area contributed by atoms with Crippen molar-refractivity contribution in [3.63, 3.8) is 0 Å². The van der Waals surface area contributed by atoms with Gasteiger partial charge in [0, 0.05) is 20.0 Å². The van der Waals surface area contributed by atoms with Crippen LogP contribution in [0.15, 0.2) is 36.4 Å². The molecule has 7 heteroatoms. The van der Waals surface area contributed by atoms with Crippen molar-refractivity contribution in [2.75, 3.05) is 0 Å². The van der Waals surface area contributed by atoms with Crippen LogP contribution in [0.4, 0.5) is 13.2 Å². The third kappa shape index (κ3) is 4.86. The van der Waals surface area contributed by atoms with Gasteiger partial charge in [-0.1, -0.05) is 35.3 Å². The lowest BCUT2D eigenvalue weighted by Crippen LogP contribution is -2.29. The number of hydrogen-bond donors (Lipinski definition) is 0. The van der Waals surface area contributed by atoms with Gasteiger partial charge in [-0.15, -0.1) is 0 Å². The van der Waals surface area contributed by atoms with Crippen LogP contribution in [-0.2, 0) is 11.2 Å². The molecule has 0 heterocycles. The third-order valence-corrected chi connectivity index (χ3v) is 5.08. The van der Waals surface area contributed by atoms with Crippen LogP contribution in [0.1, 0.15) is 22.6 Å². The Morgan fingerprint density at radius 2 is 1.71 bits per heavy atom. The molecule has 128 valence electrons. The average molecular weight is 487 g/mol. The topological polar surface area (TPSA) is 17.1 Å². The minimum Gasteiger partial charge on any atom is -0.298 e. The molecule has 24 heavy (non-hydrogen) atoms. The highest BCUT2D eigenvalue weighted by atomic mass is 127. The van der Waals surface area contributed by atoms with Gasteiger partial charge < -0.3 is 0 Å². The number of Topliss-reactive ketones (excluding diaryl/α,β-unsaturated/α-hetero) is 1. The summed E-state index contributed by atoms with van der Waals surface area (Å²) in [6, 6.07) is 8.74. The predicted octanol–water partition coefficient (Wildman–Crippen LogP) is 6.36. The summed E-state index contributed by atoms with van der Waals surface area (Å²) < 4.78 is 41.3. The van der Waals surface area contributed by atoms with Crippen molar-refractivity contribution in [3.8, 4) is 0 Å². The van der Waals surface area contributed by atoms with Gasteiger partial charge in [-0.3, -0.25) is 4.79 Å². The molecule has 0 radical (unpaired) electrons. The lowest BCUT2D eigenvalue weighted by atomic mass is 9.90. The average Bonchev–Trinajstić information content (AvgIpc) is 2.40. The molecule has 0 aromatic heterocycles. The van der Waals surface area contributed by atoms with E-state index in [1.807, 2.05) is 6.92 Å². The van der Waals surface area contributed by atoms with E-state index < -0.39 is 17.9 Å². The number of carbonyl (C=O) groups excluding carboxylic acids is 1. The van der Waals surface area contributed by atoms with Crippen molar-refractivity contribution in [1.82, 2.24) is 0 Å². The lowest BCUT2D eigenvalue weighted by Gasteiger charge is -2.20. The Morgan fingerprint density at radius 3 is 2.21 bits per heavy atom. The first-order valence-corrected chi connectivity index (χ1v) is 8.72. The second kappa shape index (κ2) is 7.62. The van der Waals surface area contributed by atoms with Gasteiger partial charge in [-0.2, -0.15) is 13.2 Å². The SMILES string of the molecule is Cc1ccc(CC(=O)C(c2cc(Cl)cc(Cl)c2)C(F)(F)F)cc1I. The fraction of sp³-hybridized carbons (Fsp3) is 0.235. The molecule has 0 fully saturated rings. The zero-order valence-electron chi connectivity index (χ0n) is 12.4. The highest BCUT2D eigenvalue weighted by molar-refractivity contribution is 14.1. The molecular formula is C17H12Cl2F3IO. The zero-order chi connectivity index (χ0) is 18.1. The fourth-order valence-corrected chi connectivity index (χ4v) is 3.47. The molecule has 0 saturated carbocycles. The number of halogens is 6. The van der Waals surface area contributed by atoms with Gasteiger partial charge in [-0.05, 0) is 70.5 Å². The number of aryl methyl sites for hydroxylation is 1. The molecule has 0 spiro atoms. The van der Waals surface area contributed by atoms with Crippen LogP contribution < -0.4 is 0 Å². The highest BCUT2D eigenvalue weighted by Crippen LogP contribution is 2.38. The Morgan fingerprint density at radius 1 is 1.12 bits per heavy atom. The largest absolute Gasteiger partial charge is 0.402 e. The maximum atomic E-state index is 13.5. The Labute approximate surface area is 161 Å². The van der Waals surface area contributed by atoms with E-state index in [-0.39, 0.29) is 22.0 Å². The van der Waals surface area contributed by atoms with Crippen molar-refractivity contribution < 1.29 is 18.0 Å². The Kier molecular flexibility index (Phi) is 6.20. The van der Waals surface area contributed by atoms with Gasteiger partial charge in [0.2, 0.25) is 0 Å². The molecule has 2 aromatic carbocycles. The standard InChI is InChI=1S/C17H12Cl2F3IO/c1-9-2-3-10(4-14(9)23)5-15(24)16(17(20,21)22)11-6-12(18)8-13(19)7-11/h2-4,6-8,16H,5H2,1H3. The van der Waals surface area contributed by atoms with E-state index >= 15 is 0 Å². The van der Waals surface area contributed by atoms with Crippen LogP contribution >= 0.6 is 45.8 Å². The molecule has 0 aliphatic rings. The Hall–Kier alpha value is -0.790. The zero-order valence-corrected chi connectivity index (χ0v) is 16.1. The van der Waals surface area contributed by atoms with Crippen LogP contribution in [0.2, 0.25) is 10.0 Å². The molecule has 0 aliphatic carbocycles. The number of ketones is 1. The number of benzene rings is 2. The van der Waals surface area contributed by atoms with Crippen molar-refractivity contribution >= 4 is 51.6 Å². The predicted molar refractivity (Wildman–Crippen MR) is 97.9 cm³/mol. The Balaban J connectivity index is 2.37. The highest BCUT2D eigenvalue weighted by Gasteiger charge is 2.45. The van der Waals surface area contributed by atoms with Crippen molar-refractivity contribution in [2.24, 2.45) is 0 Å². The monoisotopic (exact) mass is 486 g/mol. The third-order valence-electron chi connectivity index (χ3n) is 3.48. The summed E-state index contributed by atoms with van der Waals surface area (Å²) >= 11 is 13.6. The van der Waals surface area contributed by atoms with E-state index in [0.29, 0.717) is 5.56 Å². The van der Waals surface area contributed by atoms with Gasteiger partial charge in [0.1, 0.15) is 5.92 Å². The maximum absolute atomic E-state index is 13.5. The van der Waals surface area contributed by atoms with Crippen LogP contribution in [0.25, 0.3) is 0 Å². The van der Waals surface area contributed by atoms with Gasteiger partial charge in [0.05, 0.1) is 0 Å². The number of alkyl halides is 3. The van der Waals surface area contributed by atoms with E-state index in [1.54, 1.807) is 18.2 Å². The second-order valence-corrected chi connectivity index (χ2v) is 7.44. The normalized spacial score (nSPS) is 13.0. The van der Waals surface area contributed by atoms with Gasteiger partial charge >= 0.3 is 6.18 Å². The van der Waals surface area contributed by atoms with Gasteiger partial charge in [0.15, 0.2) is 5.78 Å². The summed E-state index contributed by atoms with van der Waals surface area (Å²) in [6.07, 6.45) is -5.03. The van der Waals surface area contributed by atoms with E-state index in [0.717, 1.165) is 21.3 Å². The van der Waals surface area contributed by atoms with E-state index in [9.17, 15) is 18.0 Å². The molecule has 2 rings (SSSR count). The Bertz CT molecular complexity index is 755. The van der Waals surface area contributed by atoms with Crippen LogP contribution in [-0.4, -0.2) is 12.0 Å². The molecule has 1 atom stereocenters. The van der Waals surface area contributed by atoms with E-state index in [4.69, 9.17) is 23.2 Å². The van der Waals surface area contributed by atoms with Crippen LogP contribution in [0.3, 0.4) is 0 Å². The molecule has 0 aliphatic heterocycles. The van der Waals surface area contributed by atoms with Crippen LogP contribution in [0, 0.1) is 10.5 Å².